The fourth-order valence-electron chi connectivity index (χ4n) is 5.60. The van der Waals surface area contributed by atoms with Crippen LogP contribution in [-0.2, 0) is 88.5 Å². The molecule has 33 heteroatoms. The summed E-state index contributed by atoms with van der Waals surface area (Å²) in [6.07, 6.45) is 18.9. The molecule has 0 saturated carbocycles. The van der Waals surface area contributed by atoms with Crippen LogP contribution in [0.2, 0.25) is 0 Å². The van der Waals surface area contributed by atoms with Gasteiger partial charge in [0, 0.05) is 60.0 Å². The minimum Gasteiger partial charge on any atom is -0.229 e. The highest BCUT2D eigenvalue weighted by molar-refractivity contribution is 7.93. The lowest BCUT2D eigenvalue weighted by molar-refractivity contribution is -0.0429. The molecule has 0 aliphatic carbocycles. The minimum absolute atomic E-state index is 0.118. The summed E-state index contributed by atoms with van der Waals surface area (Å²) in [5.41, 5.74) is -5.09. The maximum atomic E-state index is 12.7. The fourth-order valence-corrected chi connectivity index (χ4v) is 13.1. The quantitative estimate of drug-likeness (QED) is 0.0389. The van der Waals surface area contributed by atoms with Gasteiger partial charge < -0.3 is 0 Å². The van der Waals surface area contributed by atoms with Crippen molar-refractivity contribution in [1.82, 2.24) is 0 Å². The zero-order chi connectivity index (χ0) is 71.0. The number of hydrogen-bond acceptors (Lipinski definition) is 18. The van der Waals surface area contributed by atoms with Gasteiger partial charge in [-0.2, -0.15) is 13.2 Å². The Kier molecular flexibility index (Phi) is 55.3. The van der Waals surface area contributed by atoms with Gasteiger partial charge in [-0.1, -0.05) is 156 Å². The van der Waals surface area contributed by atoms with E-state index in [1.807, 2.05) is 20.8 Å². The Morgan fingerprint density at radius 1 is 0.348 bits per heavy atom. The van der Waals surface area contributed by atoms with Gasteiger partial charge >= 0.3 is 5.51 Å². The first-order valence-corrected chi connectivity index (χ1v) is 45.8. The number of unbranched alkanes of at least 4 members (excludes halogenated alkanes) is 9. The predicted octanol–water partition coefficient (Wildman–Crippen LogP) is 11.9. The monoisotopic (exact) mass is 1480 g/mol. The van der Waals surface area contributed by atoms with E-state index in [-0.39, 0.29) is 27.9 Å². The number of hydrogen-bond donors (Lipinski definition) is 0. The van der Waals surface area contributed by atoms with Crippen molar-refractivity contribution in [1.29, 1.82) is 0 Å². The lowest BCUT2D eigenvalue weighted by Crippen LogP contribution is -2.20. The molecule has 0 saturated heterocycles. The van der Waals surface area contributed by atoms with Gasteiger partial charge in [-0.15, -0.1) is 11.6 Å². The first kappa shape index (κ1) is 97.2. The lowest BCUT2D eigenvalue weighted by atomic mass is 10.2. The Balaban J connectivity index is -0.000000218. The van der Waals surface area contributed by atoms with E-state index in [0.29, 0.717) is 39.4 Å². The second-order valence-corrected chi connectivity index (χ2v) is 40.0. The third kappa shape index (κ3) is 63.7. The summed E-state index contributed by atoms with van der Waals surface area (Å²) in [4.78, 5) is -0.227. The molecule has 3 aromatic rings. The Bertz CT molecular complexity index is 3350. The molecule has 0 heterocycles. The standard InChI is InChI=1S/C7H7ClO2S.C7H6F2O2S.C7H8O2S.3C7H16O2S.2C6H14O2S.C2H3F3O2S/c8-6-11(9,10)7-4-2-1-3-5-7;1-12(10,11)7-5(8)3-2-4-6(7)9;1-10(8,9)7-5-3-2-4-6-7;1-3-4-5-6-7-10(2,8)9;1-3-5-6-7-10(8,9)4-2;1-3-5-7-10(8,9)6-4-2;1-3-4-5-6-9(2,7)8;1-3-5-6-9(7,8)4-2;1-8(6,7)2(3,4)5/h1-5H,6H2;2-4H,1H3;2-6H,1H3;3*3-7H2,1-2H3;2*3-6H2,1-2H3;1H3. The van der Waals surface area contributed by atoms with Crippen LogP contribution in [0.15, 0.2) is 93.5 Å². The summed E-state index contributed by atoms with van der Waals surface area (Å²) < 4.78 is 250. The van der Waals surface area contributed by atoms with Gasteiger partial charge in [-0.3, -0.25) is 0 Å². The van der Waals surface area contributed by atoms with Crippen LogP contribution in [0, 0.1) is 11.6 Å². The molecule has 0 fully saturated rings. The molecule has 3 aromatic carbocycles. The van der Waals surface area contributed by atoms with Crippen molar-refractivity contribution in [3.8, 4) is 0 Å². The summed E-state index contributed by atoms with van der Waals surface area (Å²) >= 11 is 5.24. The molecule has 0 spiro atoms. The molecule has 0 amide bonds. The molecule has 3 rings (SSSR count). The Morgan fingerprint density at radius 2 is 0.652 bits per heavy atom. The van der Waals surface area contributed by atoms with E-state index in [9.17, 15) is 97.7 Å². The summed E-state index contributed by atoms with van der Waals surface area (Å²) in [6.45, 7) is 15.5. The predicted molar refractivity (Wildman–Crippen MR) is 354 cm³/mol. The molecule has 18 nitrogen and oxygen atoms in total. The van der Waals surface area contributed by atoms with Crippen molar-refractivity contribution in [2.45, 2.75) is 172 Å². The molecule has 0 bridgehead atoms. The van der Waals surface area contributed by atoms with Crippen LogP contribution in [0.1, 0.15) is 152 Å². The second kappa shape index (κ2) is 50.6. The van der Waals surface area contributed by atoms with Gasteiger partial charge in [0.25, 0.3) is 0 Å². The van der Waals surface area contributed by atoms with Crippen molar-refractivity contribution >= 4 is 100 Å². The molecule has 0 unspecified atom stereocenters. The average Bonchev–Trinajstić information content (AvgIpc) is 2.98. The van der Waals surface area contributed by atoms with E-state index in [4.69, 9.17) is 11.6 Å². The van der Waals surface area contributed by atoms with E-state index in [0.717, 1.165) is 121 Å². The van der Waals surface area contributed by atoms with Crippen LogP contribution in [-0.4, -0.2) is 164 Å². The van der Waals surface area contributed by atoms with Crippen molar-refractivity contribution < 1.29 is 97.7 Å². The molecule has 0 N–H and O–H groups in total. The Labute approximate surface area is 538 Å². The van der Waals surface area contributed by atoms with E-state index in [2.05, 4.69) is 20.8 Å². The molecular weight excluding hydrogens is 1380 g/mol. The van der Waals surface area contributed by atoms with Gasteiger partial charge in [0.15, 0.2) is 29.5 Å². The minimum atomic E-state index is -5.09. The molecule has 0 aliphatic rings. The van der Waals surface area contributed by atoms with Gasteiger partial charge in [0.05, 0.1) is 27.0 Å². The summed E-state index contributed by atoms with van der Waals surface area (Å²) in [7, 11) is -28.4. The van der Waals surface area contributed by atoms with E-state index < -0.39 is 111 Å². The van der Waals surface area contributed by atoms with Crippen molar-refractivity contribution in [3.05, 3.63) is 90.5 Å². The normalized spacial score (nSPS) is 11.9. The van der Waals surface area contributed by atoms with Gasteiger partial charge in [-0.05, 0) is 74.9 Å². The smallest absolute Gasteiger partial charge is 0.229 e. The van der Waals surface area contributed by atoms with E-state index in [1.165, 1.54) is 30.9 Å². The van der Waals surface area contributed by atoms with Crippen LogP contribution >= 0.6 is 11.6 Å². The summed E-state index contributed by atoms with van der Waals surface area (Å²) in [6, 6.07) is 19.4. The summed E-state index contributed by atoms with van der Waals surface area (Å²) in [5.74, 6) is 0.620. The molecule has 0 atom stereocenters. The number of alkyl halides is 4. The summed E-state index contributed by atoms with van der Waals surface area (Å²) in [5, 5.41) is -0.364. The topological polar surface area (TPSA) is 307 Å². The highest BCUT2D eigenvalue weighted by Crippen LogP contribution is 2.21. The van der Waals surface area contributed by atoms with Gasteiger partial charge in [-0.25, -0.2) is 84.5 Å². The molecule has 528 valence electrons. The first-order chi connectivity index (χ1) is 40.4. The SMILES string of the molecule is CCCCCCS(C)(=O)=O.CCCCCS(=O)(=O)CC.CCCCCS(C)(=O)=O.CCCCS(=O)(=O)CC.CCCCS(=O)(=O)CCC.CS(=O)(=O)C(F)(F)F.CS(=O)(=O)c1c(F)cccc1F.CS(=O)(=O)c1ccccc1.O=S(=O)(CCl)c1ccccc1. The molecule has 0 aromatic heterocycles. The molecular formula is C56H100ClF5O18S9. The van der Waals surface area contributed by atoms with Crippen LogP contribution < -0.4 is 0 Å². The lowest BCUT2D eigenvalue weighted by Gasteiger charge is -2.00. The maximum absolute atomic E-state index is 12.7. The third-order valence-corrected chi connectivity index (χ3v) is 23.5. The number of rotatable bonds is 27. The number of halogens is 6. The maximum Gasteiger partial charge on any atom is 0.497 e. The highest BCUT2D eigenvalue weighted by atomic mass is 35.5. The van der Waals surface area contributed by atoms with Crippen molar-refractivity contribution in [3.63, 3.8) is 0 Å². The number of benzene rings is 3. The van der Waals surface area contributed by atoms with Crippen molar-refractivity contribution in [2.24, 2.45) is 0 Å². The Hall–Kier alpha value is -2.85. The van der Waals surface area contributed by atoms with E-state index in [1.54, 1.807) is 62.4 Å². The van der Waals surface area contributed by atoms with Crippen LogP contribution in [0.3, 0.4) is 0 Å². The fraction of sp³-hybridized carbons (Fsp3) is 0.679. The van der Waals surface area contributed by atoms with Gasteiger partial charge in [0.1, 0.15) is 70.9 Å². The first-order valence-electron chi connectivity index (χ1n) is 28.4. The average molecular weight is 1480 g/mol. The zero-order valence-corrected chi connectivity index (χ0v) is 61.9. The van der Waals surface area contributed by atoms with Crippen LogP contribution in [0.25, 0.3) is 0 Å². The Morgan fingerprint density at radius 3 is 0.910 bits per heavy atom. The van der Waals surface area contributed by atoms with Gasteiger partial charge in [0.2, 0.25) is 9.84 Å². The number of sulfone groups is 9. The highest BCUT2D eigenvalue weighted by Gasteiger charge is 2.41. The van der Waals surface area contributed by atoms with Crippen LogP contribution in [0.5, 0.6) is 0 Å². The molecule has 89 heavy (non-hydrogen) atoms. The third-order valence-electron chi connectivity index (χ3n) is 10.7. The molecule has 0 aliphatic heterocycles. The molecule has 0 radical (unpaired) electrons. The van der Waals surface area contributed by atoms with Crippen LogP contribution in [0.4, 0.5) is 22.0 Å². The zero-order valence-electron chi connectivity index (χ0n) is 53.8. The van der Waals surface area contributed by atoms with E-state index >= 15 is 0 Å². The second-order valence-electron chi connectivity index (χ2n) is 19.7. The van der Waals surface area contributed by atoms with Crippen molar-refractivity contribution in [2.75, 3.05) is 82.5 Å². The largest absolute Gasteiger partial charge is 0.497 e.